The molecule has 10 nitrogen and oxygen atoms in total. The van der Waals surface area contributed by atoms with Gasteiger partial charge in [-0.3, -0.25) is 19.0 Å². The number of carbonyl (C=O) groups is 3. The third kappa shape index (κ3) is 4.67. The molecule has 3 aromatic rings. The van der Waals surface area contributed by atoms with Gasteiger partial charge < -0.3 is 15.7 Å². The van der Waals surface area contributed by atoms with Gasteiger partial charge in [-0.1, -0.05) is 6.07 Å². The lowest BCUT2D eigenvalue weighted by Crippen LogP contribution is -2.24. The highest BCUT2D eigenvalue weighted by atomic mass is 16.4. The van der Waals surface area contributed by atoms with Gasteiger partial charge >= 0.3 is 5.97 Å². The van der Waals surface area contributed by atoms with Gasteiger partial charge in [0.15, 0.2) is 5.69 Å². The number of carboxylic acid groups (broad SMARTS) is 1. The van der Waals surface area contributed by atoms with Crippen LogP contribution in [0.4, 0.5) is 11.4 Å². The van der Waals surface area contributed by atoms with Gasteiger partial charge in [0.25, 0.3) is 5.91 Å². The molecule has 0 aliphatic carbocycles. The minimum absolute atomic E-state index is 0.000116. The van der Waals surface area contributed by atoms with Crippen molar-refractivity contribution in [1.29, 1.82) is 0 Å². The number of carboxylic acids is 1. The van der Waals surface area contributed by atoms with Crippen LogP contribution in [0.3, 0.4) is 0 Å². The number of amides is 2. The lowest BCUT2D eigenvalue weighted by Gasteiger charge is -2.13. The van der Waals surface area contributed by atoms with Gasteiger partial charge in [0.1, 0.15) is 6.04 Å². The Morgan fingerprint density at radius 1 is 1.17 bits per heavy atom. The maximum absolute atomic E-state index is 12.5. The Morgan fingerprint density at radius 3 is 2.52 bits per heavy atom. The quantitative estimate of drug-likeness (QED) is 0.561. The van der Waals surface area contributed by atoms with Gasteiger partial charge in [-0.2, -0.15) is 10.2 Å². The fraction of sp³-hybridized carbons (Fsp3) is 0.211. The Hall–Kier alpha value is -3.95. The SMILES string of the molecule is CCn1ccc(C(=O)Nc2cccc(NC(=O)C(C)n3cc(C(=O)O)cn3)c2)n1. The molecule has 0 bridgehead atoms. The van der Waals surface area contributed by atoms with Crippen molar-refractivity contribution in [1.82, 2.24) is 19.6 Å². The van der Waals surface area contributed by atoms with Crippen LogP contribution < -0.4 is 10.6 Å². The smallest absolute Gasteiger partial charge is 0.338 e. The van der Waals surface area contributed by atoms with E-state index < -0.39 is 12.0 Å². The van der Waals surface area contributed by atoms with Crippen LogP contribution in [-0.2, 0) is 11.3 Å². The van der Waals surface area contributed by atoms with Crippen molar-refractivity contribution in [2.45, 2.75) is 26.4 Å². The molecular weight excluding hydrogens is 376 g/mol. The average Bonchev–Trinajstić information content (AvgIpc) is 3.37. The fourth-order valence-corrected chi connectivity index (χ4v) is 2.56. The number of nitrogens with zero attached hydrogens (tertiary/aromatic N) is 4. The summed E-state index contributed by atoms with van der Waals surface area (Å²) in [5.41, 5.74) is 1.27. The maximum Gasteiger partial charge on any atom is 0.338 e. The molecule has 0 aliphatic heterocycles. The first kappa shape index (κ1) is 19.8. The minimum Gasteiger partial charge on any atom is -0.478 e. The molecule has 2 aromatic heterocycles. The highest BCUT2D eigenvalue weighted by Gasteiger charge is 2.18. The van der Waals surface area contributed by atoms with Crippen LogP contribution >= 0.6 is 0 Å². The van der Waals surface area contributed by atoms with Gasteiger partial charge in [-0.15, -0.1) is 0 Å². The van der Waals surface area contributed by atoms with E-state index in [-0.39, 0.29) is 17.4 Å². The van der Waals surface area contributed by atoms with Crippen LogP contribution in [0.1, 0.15) is 40.7 Å². The summed E-state index contributed by atoms with van der Waals surface area (Å²) in [6.07, 6.45) is 4.19. The summed E-state index contributed by atoms with van der Waals surface area (Å²) in [6.45, 7) is 4.19. The number of anilines is 2. The standard InChI is InChI=1S/C19H20N6O4/c1-3-24-8-7-16(23-24)18(27)22-15-6-4-5-14(9-15)21-17(26)12(2)25-11-13(10-20-25)19(28)29/h4-12H,3H2,1-2H3,(H,21,26)(H,22,27)(H,28,29). The lowest BCUT2D eigenvalue weighted by atomic mass is 10.2. The number of rotatable bonds is 7. The van der Waals surface area contributed by atoms with E-state index in [4.69, 9.17) is 5.11 Å². The number of aromatic nitrogens is 4. The van der Waals surface area contributed by atoms with Gasteiger partial charge in [0, 0.05) is 30.3 Å². The second-order valence-corrected chi connectivity index (χ2v) is 6.27. The summed E-state index contributed by atoms with van der Waals surface area (Å²) in [6, 6.07) is 7.58. The van der Waals surface area contributed by atoms with E-state index in [2.05, 4.69) is 20.8 Å². The predicted molar refractivity (Wildman–Crippen MR) is 105 cm³/mol. The van der Waals surface area contributed by atoms with E-state index in [1.165, 1.54) is 17.1 Å². The third-order valence-electron chi connectivity index (χ3n) is 4.21. The first-order chi connectivity index (χ1) is 13.9. The highest BCUT2D eigenvalue weighted by molar-refractivity contribution is 6.03. The molecule has 10 heteroatoms. The molecule has 150 valence electrons. The maximum atomic E-state index is 12.5. The van der Waals surface area contributed by atoms with Crippen molar-refractivity contribution in [3.63, 3.8) is 0 Å². The number of benzene rings is 1. The largest absolute Gasteiger partial charge is 0.478 e. The van der Waals surface area contributed by atoms with Crippen LogP contribution in [0.5, 0.6) is 0 Å². The van der Waals surface area contributed by atoms with E-state index in [0.717, 1.165) is 0 Å². The minimum atomic E-state index is -1.11. The zero-order chi connectivity index (χ0) is 21.0. The molecule has 1 atom stereocenters. The molecule has 2 amide bonds. The Morgan fingerprint density at radius 2 is 1.90 bits per heavy atom. The summed E-state index contributed by atoms with van der Waals surface area (Å²) in [5.74, 6) is -1.85. The summed E-state index contributed by atoms with van der Waals surface area (Å²) in [7, 11) is 0. The van der Waals surface area contributed by atoms with Crippen molar-refractivity contribution < 1.29 is 19.5 Å². The zero-order valence-electron chi connectivity index (χ0n) is 15.9. The topological polar surface area (TPSA) is 131 Å². The molecule has 2 heterocycles. The molecular formula is C19H20N6O4. The Labute approximate surface area is 166 Å². The van der Waals surface area contributed by atoms with Crippen LogP contribution in [0.15, 0.2) is 48.9 Å². The van der Waals surface area contributed by atoms with E-state index in [1.54, 1.807) is 48.1 Å². The number of hydrogen-bond acceptors (Lipinski definition) is 5. The first-order valence-electron chi connectivity index (χ1n) is 8.90. The number of hydrogen-bond donors (Lipinski definition) is 3. The van der Waals surface area contributed by atoms with Crippen LogP contribution in [-0.4, -0.2) is 42.5 Å². The van der Waals surface area contributed by atoms with Gasteiger partial charge in [-0.05, 0) is 38.1 Å². The normalized spacial score (nSPS) is 11.7. The fourth-order valence-electron chi connectivity index (χ4n) is 2.56. The van der Waals surface area contributed by atoms with Crippen LogP contribution in [0.25, 0.3) is 0 Å². The second-order valence-electron chi connectivity index (χ2n) is 6.27. The van der Waals surface area contributed by atoms with Gasteiger partial charge in [0.2, 0.25) is 5.91 Å². The summed E-state index contributed by atoms with van der Waals surface area (Å²) < 4.78 is 2.92. The molecule has 0 aliphatic rings. The van der Waals surface area contributed by atoms with Crippen molar-refractivity contribution in [2.75, 3.05) is 10.6 Å². The lowest BCUT2D eigenvalue weighted by molar-refractivity contribution is -0.119. The summed E-state index contributed by atoms with van der Waals surface area (Å²) >= 11 is 0. The Kier molecular flexibility index (Phi) is 5.72. The summed E-state index contributed by atoms with van der Waals surface area (Å²) in [4.78, 5) is 35.7. The molecule has 3 N–H and O–H groups in total. The summed E-state index contributed by atoms with van der Waals surface area (Å²) in [5, 5.41) is 22.5. The molecule has 29 heavy (non-hydrogen) atoms. The Balaban J connectivity index is 1.66. The molecule has 0 fully saturated rings. The van der Waals surface area contributed by atoms with Crippen molar-refractivity contribution in [2.24, 2.45) is 0 Å². The highest BCUT2D eigenvalue weighted by Crippen LogP contribution is 2.18. The van der Waals surface area contributed by atoms with Crippen molar-refractivity contribution in [3.8, 4) is 0 Å². The molecule has 0 spiro atoms. The second kappa shape index (κ2) is 8.38. The van der Waals surface area contributed by atoms with Crippen LogP contribution in [0.2, 0.25) is 0 Å². The van der Waals surface area contributed by atoms with Gasteiger partial charge in [0.05, 0.1) is 11.8 Å². The molecule has 0 saturated heterocycles. The molecule has 1 aromatic carbocycles. The number of nitrogens with one attached hydrogen (secondary N) is 2. The van der Waals surface area contributed by atoms with Crippen molar-refractivity contribution >= 4 is 29.2 Å². The first-order valence-corrected chi connectivity index (χ1v) is 8.90. The third-order valence-corrected chi connectivity index (χ3v) is 4.21. The Bertz CT molecular complexity index is 1050. The molecule has 0 saturated carbocycles. The number of aromatic carboxylic acids is 1. The van der Waals surface area contributed by atoms with E-state index in [0.29, 0.717) is 23.6 Å². The van der Waals surface area contributed by atoms with Crippen molar-refractivity contribution in [3.05, 3.63) is 60.2 Å². The molecule has 1 unspecified atom stereocenters. The van der Waals surface area contributed by atoms with E-state index in [1.807, 2.05) is 6.92 Å². The average molecular weight is 396 g/mol. The van der Waals surface area contributed by atoms with E-state index in [9.17, 15) is 14.4 Å². The molecule has 3 rings (SSSR count). The van der Waals surface area contributed by atoms with Gasteiger partial charge in [-0.25, -0.2) is 4.79 Å². The predicted octanol–water partition coefficient (Wildman–Crippen LogP) is 2.25. The molecule has 0 radical (unpaired) electrons. The monoisotopic (exact) mass is 396 g/mol. The number of carbonyl (C=O) groups excluding carboxylic acids is 2. The zero-order valence-corrected chi connectivity index (χ0v) is 15.9. The van der Waals surface area contributed by atoms with Crippen LogP contribution in [0, 0.1) is 0 Å². The van der Waals surface area contributed by atoms with E-state index >= 15 is 0 Å². The number of aryl methyl sites for hydroxylation is 1.